The van der Waals surface area contributed by atoms with Gasteiger partial charge in [-0.1, -0.05) is 25.7 Å². The fourth-order valence-corrected chi connectivity index (χ4v) is 4.63. The predicted molar refractivity (Wildman–Crippen MR) is 98.6 cm³/mol. The quantitative estimate of drug-likeness (QED) is 0.276. The number of nitrogens with zero attached hydrogens (tertiary/aromatic N) is 2. The van der Waals surface area contributed by atoms with Crippen LogP contribution in [0.5, 0.6) is 0 Å². The summed E-state index contributed by atoms with van der Waals surface area (Å²) in [5.74, 6) is -1.72. The van der Waals surface area contributed by atoms with Crippen molar-refractivity contribution in [1.82, 2.24) is 5.06 Å². The topological polar surface area (TPSA) is 127 Å². The average molecular weight is 398 g/mol. The molecule has 1 unspecified atom stereocenters. The summed E-state index contributed by atoms with van der Waals surface area (Å²) < 4.78 is 4.57. The molecule has 1 aliphatic heterocycles. The third-order valence-electron chi connectivity index (χ3n) is 5.88. The molecule has 28 heavy (non-hydrogen) atoms. The Labute approximate surface area is 165 Å². The van der Waals surface area contributed by atoms with Crippen LogP contribution in [-0.2, 0) is 19.1 Å². The van der Waals surface area contributed by atoms with Gasteiger partial charge in [-0.05, 0) is 26.2 Å². The fourth-order valence-electron chi connectivity index (χ4n) is 4.63. The fraction of sp³-hybridized carbons (Fsp3) is 0.789. The Morgan fingerprint density at radius 1 is 1.21 bits per heavy atom. The first-order valence-corrected chi connectivity index (χ1v) is 10.1. The molecule has 0 radical (unpaired) electrons. The molecular formula is C19H32N3O6+. The highest BCUT2D eigenvalue weighted by molar-refractivity contribution is 5.89. The van der Waals surface area contributed by atoms with E-state index in [1.807, 2.05) is 0 Å². The van der Waals surface area contributed by atoms with E-state index in [-0.39, 0.29) is 25.4 Å². The summed E-state index contributed by atoms with van der Waals surface area (Å²) in [6.45, 7) is 3.25. The summed E-state index contributed by atoms with van der Waals surface area (Å²) in [6, 6.07) is -0.992. The van der Waals surface area contributed by atoms with Crippen LogP contribution >= 0.6 is 0 Å². The number of primary amides is 1. The standard InChI is InChI=1S/C19H31N3O6/c1-13(2)28-19(26)22(9-5-8-16(22)17(20)24)18(25)15(11-21(27)12-23)10-14-6-3-4-7-14/h12-16,27H,3-11H2,1-2H3,(H-,20,24)/p+1/t15-,16+,22?/m1/s1. The molecular weight excluding hydrogens is 366 g/mol. The lowest BCUT2D eigenvalue weighted by Crippen LogP contribution is -2.66. The van der Waals surface area contributed by atoms with Gasteiger partial charge in [0.2, 0.25) is 6.41 Å². The molecule has 1 heterocycles. The minimum absolute atomic E-state index is 0.131. The average Bonchev–Trinajstić information content (AvgIpc) is 3.29. The summed E-state index contributed by atoms with van der Waals surface area (Å²) >= 11 is 0. The van der Waals surface area contributed by atoms with Crippen molar-refractivity contribution in [2.75, 3.05) is 13.1 Å². The molecule has 0 aromatic heterocycles. The van der Waals surface area contributed by atoms with Crippen LogP contribution < -0.4 is 5.73 Å². The molecule has 0 aromatic rings. The molecule has 1 saturated heterocycles. The highest BCUT2D eigenvalue weighted by atomic mass is 16.6. The third kappa shape index (κ3) is 4.70. The van der Waals surface area contributed by atoms with Gasteiger partial charge in [-0.3, -0.25) is 14.8 Å². The highest BCUT2D eigenvalue weighted by Crippen LogP contribution is 2.36. The Hall–Kier alpha value is -2.00. The number of nitrogens with two attached hydrogens (primary N) is 1. The first kappa shape index (κ1) is 22.3. The van der Waals surface area contributed by atoms with Gasteiger partial charge in [-0.25, -0.2) is 9.86 Å². The number of likely N-dealkylation sites (tertiary alicyclic amines) is 1. The molecule has 2 rings (SSSR count). The molecule has 158 valence electrons. The van der Waals surface area contributed by atoms with Crippen LogP contribution in [0.15, 0.2) is 0 Å². The molecule has 3 N–H and O–H groups in total. The van der Waals surface area contributed by atoms with Gasteiger partial charge in [-0.2, -0.15) is 4.79 Å². The van der Waals surface area contributed by atoms with Gasteiger partial charge in [0.25, 0.3) is 5.91 Å². The number of carbonyl (C=O) groups excluding carboxylic acids is 4. The lowest BCUT2D eigenvalue weighted by atomic mass is 9.91. The van der Waals surface area contributed by atoms with E-state index >= 15 is 0 Å². The van der Waals surface area contributed by atoms with E-state index in [4.69, 9.17) is 10.5 Å². The van der Waals surface area contributed by atoms with E-state index in [9.17, 15) is 24.4 Å². The van der Waals surface area contributed by atoms with Gasteiger partial charge >= 0.3 is 12.0 Å². The van der Waals surface area contributed by atoms with Gasteiger partial charge in [0.05, 0.1) is 19.0 Å². The Kier molecular flexibility index (Phi) is 7.54. The Morgan fingerprint density at radius 3 is 2.39 bits per heavy atom. The minimum Gasteiger partial charge on any atom is -0.417 e. The number of hydrogen-bond acceptors (Lipinski definition) is 6. The number of rotatable bonds is 8. The van der Waals surface area contributed by atoms with Crippen molar-refractivity contribution in [3.8, 4) is 0 Å². The molecule has 0 aromatic carbocycles. The van der Waals surface area contributed by atoms with Crippen LogP contribution in [0.4, 0.5) is 4.79 Å². The molecule has 1 saturated carbocycles. The Morgan fingerprint density at radius 2 is 1.86 bits per heavy atom. The van der Waals surface area contributed by atoms with Gasteiger partial charge in [0.15, 0.2) is 6.04 Å². The van der Waals surface area contributed by atoms with Crippen molar-refractivity contribution in [1.29, 1.82) is 0 Å². The molecule has 4 amide bonds. The first-order chi connectivity index (χ1) is 13.2. The number of amides is 4. The lowest BCUT2D eigenvalue weighted by molar-refractivity contribution is -0.787. The maximum atomic E-state index is 13.7. The number of quaternary nitrogens is 1. The second kappa shape index (κ2) is 9.47. The zero-order chi connectivity index (χ0) is 20.9. The van der Waals surface area contributed by atoms with E-state index in [1.54, 1.807) is 13.8 Å². The summed E-state index contributed by atoms with van der Waals surface area (Å²) in [4.78, 5) is 49.7. The van der Waals surface area contributed by atoms with Crippen LogP contribution in [0.25, 0.3) is 0 Å². The van der Waals surface area contributed by atoms with Crippen molar-refractivity contribution in [3.05, 3.63) is 0 Å². The third-order valence-corrected chi connectivity index (χ3v) is 5.88. The van der Waals surface area contributed by atoms with Crippen molar-refractivity contribution in [2.24, 2.45) is 17.6 Å². The van der Waals surface area contributed by atoms with E-state index in [0.717, 1.165) is 25.7 Å². The van der Waals surface area contributed by atoms with E-state index in [2.05, 4.69) is 0 Å². The molecule has 2 aliphatic rings. The maximum Gasteiger partial charge on any atom is 0.524 e. The van der Waals surface area contributed by atoms with Gasteiger partial charge in [-0.15, -0.1) is 4.48 Å². The maximum absolute atomic E-state index is 13.7. The largest absolute Gasteiger partial charge is 0.524 e. The van der Waals surface area contributed by atoms with Crippen LogP contribution in [0.3, 0.4) is 0 Å². The predicted octanol–water partition coefficient (Wildman–Crippen LogP) is 1.57. The number of ether oxygens (including phenoxy) is 1. The van der Waals surface area contributed by atoms with Crippen molar-refractivity contribution in [2.45, 2.75) is 70.9 Å². The van der Waals surface area contributed by atoms with Crippen LogP contribution in [0.1, 0.15) is 58.8 Å². The summed E-state index contributed by atoms with van der Waals surface area (Å²) in [5, 5.41) is 10.2. The molecule has 0 spiro atoms. The Balaban J connectivity index is 2.38. The van der Waals surface area contributed by atoms with Crippen LogP contribution in [0.2, 0.25) is 0 Å². The molecule has 1 aliphatic carbocycles. The van der Waals surface area contributed by atoms with Gasteiger partial charge in [0.1, 0.15) is 6.10 Å². The second-order valence-electron chi connectivity index (χ2n) is 8.23. The van der Waals surface area contributed by atoms with Gasteiger partial charge < -0.3 is 10.5 Å². The zero-order valence-corrected chi connectivity index (χ0v) is 16.7. The number of carbonyl (C=O) groups is 4. The molecule has 2 fully saturated rings. The first-order valence-electron chi connectivity index (χ1n) is 10.1. The van der Waals surface area contributed by atoms with Crippen molar-refractivity contribution in [3.63, 3.8) is 0 Å². The molecule has 3 atom stereocenters. The molecule has 9 heteroatoms. The lowest BCUT2D eigenvalue weighted by Gasteiger charge is -2.35. The smallest absolute Gasteiger partial charge is 0.417 e. The summed E-state index contributed by atoms with van der Waals surface area (Å²) in [5.41, 5.74) is 5.54. The monoisotopic (exact) mass is 398 g/mol. The molecule has 9 nitrogen and oxygen atoms in total. The molecule has 0 bridgehead atoms. The Bertz CT molecular complexity index is 604. The van der Waals surface area contributed by atoms with Crippen molar-refractivity contribution < 1.29 is 33.6 Å². The van der Waals surface area contributed by atoms with Gasteiger partial charge in [0, 0.05) is 12.8 Å². The zero-order valence-electron chi connectivity index (χ0n) is 16.7. The van der Waals surface area contributed by atoms with E-state index < -0.39 is 40.5 Å². The number of imide groups is 1. The number of hydrogen-bond donors (Lipinski definition) is 2. The normalized spacial score (nSPS) is 26.2. The van der Waals surface area contributed by atoms with E-state index in [1.165, 1.54) is 0 Å². The summed E-state index contributed by atoms with van der Waals surface area (Å²) in [6.07, 6.45) is 4.32. The van der Waals surface area contributed by atoms with Crippen molar-refractivity contribution >= 4 is 24.3 Å². The number of hydroxylamine groups is 2. The van der Waals surface area contributed by atoms with Crippen LogP contribution in [0, 0.1) is 11.8 Å². The highest BCUT2D eigenvalue weighted by Gasteiger charge is 2.60. The van der Waals surface area contributed by atoms with Crippen LogP contribution in [-0.4, -0.2) is 64.3 Å². The summed E-state index contributed by atoms with van der Waals surface area (Å²) in [7, 11) is 0. The SMILES string of the molecule is CC(C)OC(=O)[N+]1(C(=O)[C@H](CC2CCCC2)CN(O)C=O)CCC[C@H]1C(N)=O. The second-order valence-corrected chi connectivity index (χ2v) is 8.23. The minimum atomic E-state index is -0.992. The van der Waals surface area contributed by atoms with E-state index in [0.29, 0.717) is 24.3 Å².